The van der Waals surface area contributed by atoms with E-state index in [9.17, 15) is 9.59 Å². The van der Waals surface area contributed by atoms with Gasteiger partial charge in [-0.25, -0.2) is 4.79 Å². The number of nitrogens with zero attached hydrogens (tertiary/aromatic N) is 2. The molecule has 0 unspecified atom stereocenters. The van der Waals surface area contributed by atoms with Crippen LogP contribution >= 0.6 is 0 Å². The SMILES string of the molecule is Cc1n[nH]c(C)c1Cc1ccc(NC(=O)c2cc(C(C)C)[nH]c(=O)n2)cc1. The minimum atomic E-state index is -0.521. The Balaban J connectivity index is 1.73. The molecule has 0 aliphatic rings. The van der Waals surface area contributed by atoms with Crippen LogP contribution in [0.25, 0.3) is 0 Å². The molecular formula is C20H23N5O2. The van der Waals surface area contributed by atoms with Crippen LogP contribution in [0.5, 0.6) is 0 Å². The number of benzene rings is 1. The highest BCUT2D eigenvalue weighted by Crippen LogP contribution is 2.18. The number of carbonyl (C=O) groups is 1. The van der Waals surface area contributed by atoms with Crippen molar-refractivity contribution in [2.45, 2.75) is 40.0 Å². The first-order chi connectivity index (χ1) is 12.8. The Bertz CT molecular complexity index is 996. The lowest BCUT2D eigenvalue weighted by Gasteiger charge is -2.09. The van der Waals surface area contributed by atoms with Gasteiger partial charge in [-0.15, -0.1) is 0 Å². The van der Waals surface area contributed by atoms with E-state index >= 15 is 0 Å². The second-order valence-corrected chi connectivity index (χ2v) is 6.92. The Kier molecular flexibility index (Phi) is 5.21. The molecule has 0 fully saturated rings. The van der Waals surface area contributed by atoms with E-state index in [1.54, 1.807) is 6.07 Å². The van der Waals surface area contributed by atoms with Gasteiger partial charge in [0, 0.05) is 29.1 Å². The van der Waals surface area contributed by atoms with Crippen molar-refractivity contribution in [3.8, 4) is 0 Å². The van der Waals surface area contributed by atoms with Crippen LogP contribution in [0.4, 0.5) is 5.69 Å². The van der Waals surface area contributed by atoms with E-state index in [0.29, 0.717) is 11.4 Å². The maximum absolute atomic E-state index is 12.4. The van der Waals surface area contributed by atoms with Crippen LogP contribution < -0.4 is 11.0 Å². The van der Waals surface area contributed by atoms with Gasteiger partial charge in [0.2, 0.25) is 0 Å². The zero-order chi connectivity index (χ0) is 19.6. The number of hydrogen-bond donors (Lipinski definition) is 3. The molecule has 0 atom stereocenters. The second kappa shape index (κ2) is 7.57. The summed E-state index contributed by atoms with van der Waals surface area (Å²) in [6.45, 7) is 7.86. The number of aromatic amines is 2. The monoisotopic (exact) mass is 365 g/mol. The molecule has 2 aromatic heterocycles. The van der Waals surface area contributed by atoms with E-state index in [1.165, 1.54) is 5.56 Å². The number of amides is 1. The van der Waals surface area contributed by atoms with Crippen LogP contribution in [0.1, 0.15) is 58.5 Å². The lowest BCUT2D eigenvalue weighted by Crippen LogP contribution is -2.22. The molecule has 1 amide bonds. The number of carbonyl (C=O) groups excluding carboxylic acids is 1. The van der Waals surface area contributed by atoms with Crippen LogP contribution in [0.3, 0.4) is 0 Å². The molecule has 1 aromatic carbocycles. The van der Waals surface area contributed by atoms with Crippen LogP contribution in [0, 0.1) is 13.8 Å². The van der Waals surface area contributed by atoms with Gasteiger partial charge < -0.3 is 10.3 Å². The Morgan fingerprint density at radius 3 is 2.48 bits per heavy atom. The Labute approximate surface area is 157 Å². The molecule has 0 aliphatic carbocycles. The van der Waals surface area contributed by atoms with E-state index in [2.05, 4.69) is 25.5 Å². The van der Waals surface area contributed by atoms with Crippen LogP contribution in [0.2, 0.25) is 0 Å². The van der Waals surface area contributed by atoms with Gasteiger partial charge in [-0.05, 0) is 43.5 Å². The fraction of sp³-hybridized carbons (Fsp3) is 0.300. The van der Waals surface area contributed by atoms with Crippen molar-refractivity contribution in [3.05, 3.63) is 74.7 Å². The Morgan fingerprint density at radius 2 is 1.89 bits per heavy atom. The maximum Gasteiger partial charge on any atom is 0.345 e. The summed E-state index contributed by atoms with van der Waals surface area (Å²) in [4.78, 5) is 30.5. The summed E-state index contributed by atoms with van der Waals surface area (Å²) in [5.41, 5.74) is 5.28. The highest BCUT2D eigenvalue weighted by molar-refractivity contribution is 6.02. The van der Waals surface area contributed by atoms with Crippen molar-refractivity contribution in [2.75, 3.05) is 5.32 Å². The molecule has 0 spiro atoms. The lowest BCUT2D eigenvalue weighted by molar-refractivity contribution is 0.102. The van der Waals surface area contributed by atoms with Gasteiger partial charge in [0.1, 0.15) is 5.69 Å². The third kappa shape index (κ3) is 4.31. The molecule has 0 radical (unpaired) electrons. The van der Waals surface area contributed by atoms with Gasteiger partial charge in [0.15, 0.2) is 0 Å². The normalized spacial score (nSPS) is 11.0. The first kappa shape index (κ1) is 18.6. The van der Waals surface area contributed by atoms with Crippen LogP contribution in [-0.4, -0.2) is 26.1 Å². The minimum Gasteiger partial charge on any atom is -0.321 e. The zero-order valence-corrected chi connectivity index (χ0v) is 15.9. The van der Waals surface area contributed by atoms with Crippen molar-refractivity contribution < 1.29 is 4.79 Å². The van der Waals surface area contributed by atoms with Crippen molar-refractivity contribution in [3.63, 3.8) is 0 Å². The van der Waals surface area contributed by atoms with Crippen molar-refractivity contribution in [1.29, 1.82) is 0 Å². The van der Waals surface area contributed by atoms with Gasteiger partial charge in [-0.3, -0.25) is 9.89 Å². The van der Waals surface area contributed by atoms with Crippen LogP contribution in [-0.2, 0) is 6.42 Å². The van der Waals surface area contributed by atoms with Gasteiger partial charge >= 0.3 is 5.69 Å². The van der Waals surface area contributed by atoms with Crippen molar-refractivity contribution in [2.24, 2.45) is 0 Å². The number of aromatic nitrogens is 4. The molecule has 7 nitrogen and oxygen atoms in total. The number of H-pyrrole nitrogens is 2. The average Bonchev–Trinajstić information content (AvgIpc) is 2.94. The molecule has 140 valence electrons. The van der Waals surface area contributed by atoms with E-state index in [1.807, 2.05) is 52.0 Å². The van der Waals surface area contributed by atoms with Gasteiger partial charge in [0.05, 0.1) is 5.69 Å². The number of aryl methyl sites for hydroxylation is 2. The third-order valence-corrected chi connectivity index (χ3v) is 4.49. The fourth-order valence-corrected chi connectivity index (χ4v) is 2.84. The molecule has 7 heteroatoms. The molecule has 0 bridgehead atoms. The third-order valence-electron chi connectivity index (χ3n) is 4.49. The van der Waals surface area contributed by atoms with E-state index < -0.39 is 11.6 Å². The summed E-state index contributed by atoms with van der Waals surface area (Å²) in [7, 11) is 0. The molecule has 3 aromatic rings. The smallest absolute Gasteiger partial charge is 0.321 e. The van der Waals surface area contributed by atoms with Crippen molar-refractivity contribution in [1.82, 2.24) is 20.2 Å². The molecule has 2 heterocycles. The number of rotatable bonds is 5. The summed E-state index contributed by atoms with van der Waals surface area (Å²) in [6, 6.07) is 9.22. The molecule has 3 N–H and O–H groups in total. The summed E-state index contributed by atoms with van der Waals surface area (Å²) in [5.74, 6) is -0.307. The Hall–Kier alpha value is -3.22. The van der Waals surface area contributed by atoms with E-state index in [-0.39, 0.29) is 11.6 Å². The highest BCUT2D eigenvalue weighted by Gasteiger charge is 2.12. The summed E-state index contributed by atoms with van der Waals surface area (Å²) >= 11 is 0. The largest absolute Gasteiger partial charge is 0.345 e. The summed E-state index contributed by atoms with van der Waals surface area (Å²) in [5, 5.41) is 9.99. The predicted octanol–water partition coefficient (Wildman–Crippen LogP) is 3.08. The standard InChI is InChI=1S/C20H23N5O2/c1-11(2)17-10-18(23-20(27)22-17)19(26)21-15-7-5-14(6-8-15)9-16-12(3)24-25-13(16)4/h5-8,10-11H,9H2,1-4H3,(H,21,26)(H,24,25)(H,22,23,27). The van der Waals surface area contributed by atoms with Gasteiger partial charge in [-0.1, -0.05) is 26.0 Å². The molecule has 3 rings (SSSR count). The highest BCUT2D eigenvalue weighted by atomic mass is 16.2. The molecular weight excluding hydrogens is 342 g/mol. The van der Waals surface area contributed by atoms with Crippen LogP contribution in [0.15, 0.2) is 35.1 Å². The first-order valence-corrected chi connectivity index (χ1v) is 8.85. The molecule has 27 heavy (non-hydrogen) atoms. The number of nitrogens with one attached hydrogen (secondary N) is 3. The topological polar surface area (TPSA) is 104 Å². The maximum atomic E-state index is 12.4. The first-order valence-electron chi connectivity index (χ1n) is 8.85. The summed E-state index contributed by atoms with van der Waals surface area (Å²) < 4.78 is 0. The van der Waals surface area contributed by atoms with Crippen molar-refractivity contribution >= 4 is 11.6 Å². The predicted molar refractivity (Wildman–Crippen MR) is 104 cm³/mol. The van der Waals surface area contributed by atoms with E-state index in [0.717, 1.165) is 23.4 Å². The average molecular weight is 365 g/mol. The molecule has 0 saturated carbocycles. The second-order valence-electron chi connectivity index (χ2n) is 6.92. The quantitative estimate of drug-likeness (QED) is 0.646. The lowest BCUT2D eigenvalue weighted by atomic mass is 10.0. The number of hydrogen-bond acceptors (Lipinski definition) is 4. The van der Waals surface area contributed by atoms with Gasteiger partial charge in [0.25, 0.3) is 5.91 Å². The number of anilines is 1. The molecule has 0 saturated heterocycles. The van der Waals surface area contributed by atoms with E-state index in [4.69, 9.17) is 0 Å². The summed E-state index contributed by atoms with van der Waals surface area (Å²) in [6.07, 6.45) is 0.774. The fourth-order valence-electron chi connectivity index (χ4n) is 2.84. The van der Waals surface area contributed by atoms with Gasteiger partial charge in [-0.2, -0.15) is 10.1 Å². The minimum absolute atomic E-state index is 0.0985. The molecule has 0 aliphatic heterocycles. The zero-order valence-electron chi connectivity index (χ0n) is 15.9. The Morgan fingerprint density at radius 1 is 1.19 bits per heavy atom.